The molecule has 0 saturated heterocycles. The van der Waals surface area contributed by atoms with Crippen molar-refractivity contribution in [2.45, 2.75) is 13.5 Å². The van der Waals surface area contributed by atoms with Gasteiger partial charge in [0.05, 0.1) is 31.0 Å². The Kier molecular flexibility index (Phi) is 6.24. The van der Waals surface area contributed by atoms with Gasteiger partial charge in [-0.25, -0.2) is 9.78 Å². The van der Waals surface area contributed by atoms with Gasteiger partial charge in [-0.3, -0.25) is 4.57 Å². The van der Waals surface area contributed by atoms with Gasteiger partial charge in [-0.05, 0) is 49.4 Å². The quantitative estimate of drug-likeness (QED) is 0.593. The van der Waals surface area contributed by atoms with Crippen LogP contribution in [-0.4, -0.2) is 34.3 Å². The molecule has 0 aliphatic rings. The van der Waals surface area contributed by atoms with Crippen molar-refractivity contribution in [2.24, 2.45) is 0 Å². The minimum absolute atomic E-state index is 0.0289. The molecule has 0 aliphatic heterocycles. The second kappa shape index (κ2) is 8.65. The van der Waals surface area contributed by atoms with Crippen molar-refractivity contribution < 1.29 is 19.4 Å². The van der Waals surface area contributed by atoms with Crippen LogP contribution in [0.15, 0.2) is 42.5 Å². The van der Waals surface area contributed by atoms with Crippen LogP contribution in [0, 0.1) is 0 Å². The van der Waals surface area contributed by atoms with E-state index in [4.69, 9.17) is 32.7 Å². The molecule has 0 bridgehead atoms. The number of aromatic nitrogens is 2. The molecular formula is C20H18Cl2N2O4. The maximum Gasteiger partial charge on any atom is 0.358 e. The SMILES string of the molecule is CCOC(=O)c1nc(-c2ccc(Cl)cc2Cl)n(-c2ccc(OC)cc2)c1CO. The van der Waals surface area contributed by atoms with Crippen LogP contribution in [0.25, 0.3) is 17.1 Å². The number of carbonyl (C=O) groups is 1. The molecule has 1 N–H and O–H groups in total. The van der Waals surface area contributed by atoms with Crippen LogP contribution in [0.3, 0.4) is 0 Å². The van der Waals surface area contributed by atoms with Gasteiger partial charge in [0, 0.05) is 16.3 Å². The third kappa shape index (κ3) is 3.85. The topological polar surface area (TPSA) is 73.6 Å². The molecule has 1 heterocycles. The van der Waals surface area contributed by atoms with Gasteiger partial charge in [-0.2, -0.15) is 0 Å². The van der Waals surface area contributed by atoms with Gasteiger partial charge in [0.2, 0.25) is 0 Å². The number of aliphatic hydroxyl groups excluding tert-OH is 1. The summed E-state index contributed by atoms with van der Waals surface area (Å²) in [5.41, 5.74) is 1.56. The van der Waals surface area contributed by atoms with E-state index >= 15 is 0 Å². The number of hydrogen-bond donors (Lipinski definition) is 1. The molecule has 3 aromatic rings. The van der Waals surface area contributed by atoms with Crippen molar-refractivity contribution in [3.8, 4) is 22.8 Å². The summed E-state index contributed by atoms with van der Waals surface area (Å²) in [5.74, 6) is 0.440. The molecule has 0 unspecified atom stereocenters. The van der Waals surface area contributed by atoms with E-state index in [1.165, 1.54) is 0 Å². The largest absolute Gasteiger partial charge is 0.497 e. The van der Waals surface area contributed by atoms with Crippen molar-refractivity contribution in [2.75, 3.05) is 13.7 Å². The predicted molar refractivity (Wildman–Crippen MR) is 107 cm³/mol. The number of hydrogen-bond acceptors (Lipinski definition) is 5. The van der Waals surface area contributed by atoms with E-state index in [0.717, 1.165) is 0 Å². The zero-order valence-electron chi connectivity index (χ0n) is 15.3. The highest BCUT2D eigenvalue weighted by molar-refractivity contribution is 6.36. The predicted octanol–water partition coefficient (Wildman–Crippen LogP) is 4.52. The number of nitrogens with zero attached hydrogens (tertiary/aromatic N) is 2. The van der Waals surface area contributed by atoms with Crippen LogP contribution in [0.4, 0.5) is 0 Å². The first kappa shape index (κ1) is 20.2. The Labute approximate surface area is 172 Å². The molecule has 0 saturated carbocycles. The number of methoxy groups -OCH3 is 1. The maximum atomic E-state index is 12.4. The number of aliphatic hydroxyl groups is 1. The summed E-state index contributed by atoms with van der Waals surface area (Å²) in [4.78, 5) is 16.9. The van der Waals surface area contributed by atoms with Gasteiger partial charge in [-0.15, -0.1) is 0 Å². The third-order valence-electron chi connectivity index (χ3n) is 4.09. The van der Waals surface area contributed by atoms with Gasteiger partial charge >= 0.3 is 5.97 Å². The summed E-state index contributed by atoms with van der Waals surface area (Å²) in [5, 5.41) is 10.8. The van der Waals surface area contributed by atoms with Crippen LogP contribution < -0.4 is 4.74 Å². The standard InChI is InChI=1S/C20H18Cl2N2O4/c1-3-28-20(26)18-17(11-25)24(13-5-7-14(27-2)8-6-13)19(23-18)15-9-4-12(21)10-16(15)22/h4-10,25H,3,11H2,1-2H3. The molecule has 0 atom stereocenters. The van der Waals surface area contributed by atoms with E-state index < -0.39 is 12.6 Å². The van der Waals surface area contributed by atoms with E-state index in [1.54, 1.807) is 61.1 Å². The van der Waals surface area contributed by atoms with E-state index in [2.05, 4.69) is 4.98 Å². The molecule has 0 radical (unpaired) electrons. The van der Waals surface area contributed by atoms with Crippen LogP contribution in [-0.2, 0) is 11.3 Å². The van der Waals surface area contributed by atoms with Crippen molar-refractivity contribution >= 4 is 29.2 Å². The van der Waals surface area contributed by atoms with E-state index in [-0.39, 0.29) is 12.3 Å². The number of ether oxygens (including phenoxy) is 2. The smallest absolute Gasteiger partial charge is 0.358 e. The van der Waals surface area contributed by atoms with Crippen molar-refractivity contribution in [1.82, 2.24) is 9.55 Å². The molecule has 2 aromatic carbocycles. The third-order valence-corrected chi connectivity index (χ3v) is 4.64. The molecule has 6 nitrogen and oxygen atoms in total. The van der Waals surface area contributed by atoms with Crippen molar-refractivity contribution in [3.63, 3.8) is 0 Å². The van der Waals surface area contributed by atoms with E-state index in [1.807, 2.05) is 0 Å². The molecule has 8 heteroatoms. The van der Waals surface area contributed by atoms with Crippen molar-refractivity contribution in [1.29, 1.82) is 0 Å². The monoisotopic (exact) mass is 420 g/mol. The Balaban J connectivity index is 2.28. The number of rotatable bonds is 6. The fourth-order valence-electron chi connectivity index (χ4n) is 2.82. The number of esters is 1. The number of imidazole rings is 1. The lowest BCUT2D eigenvalue weighted by Crippen LogP contribution is -2.10. The summed E-state index contributed by atoms with van der Waals surface area (Å²) in [6, 6.07) is 12.1. The van der Waals surface area contributed by atoms with Crippen molar-refractivity contribution in [3.05, 3.63) is 63.9 Å². The zero-order chi connectivity index (χ0) is 20.3. The molecule has 0 fully saturated rings. The van der Waals surface area contributed by atoms with Gasteiger partial charge in [0.15, 0.2) is 5.69 Å². The number of halogens is 2. The van der Waals surface area contributed by atoms with E-state index in [0.29, 0.717) is 38.6 Å². The minimum atomic E-state index is -0.620. The Morgan fingerprint density at radius 1 is 1.18 bits per heavy atom. The molecule has 28 heavy (non-hydrogen) atoms. The fourth-order valence-corrected chi connectivity index (χ4v) is 3.32. The summed E-state index contributed by atoms with van der Waals surface area (Å²) >= 11 is 12.4. The Hall–Kier alpha value is -2.54. The molecule has 0 aliphatic carbocycles. The highest BCUT2D eigenvalue weighted by Gasteiger charge is 2.25. The minimum Gasteiger partial charge on any atom is -0.497 e. The average molecular weight is 421 g/mol. The van der Waals surface area contributed by atoms with E-state index in [9.17, 15) is 9.90 Å². The number of carbonyl (C=O) groups excluding carboxylic acids is 1. The Morgan fingerprint density at radius 3 is 2.46 bits per heavy atom. The molecule has 146 valence electrons. The average Bonchev–Trinajstić information content (AvgIpc) is 3.07. The lowest BCUT2D eigenvalue weighted by molar-refractivity contribution is 0.0516. The second-order valence-electron chi connectivity index (χ2n) is 5.77. The maximum absolute atomic E-state index is 12.4. The number of benzene rings is 2. The summed E-state index contributed by atoms with van der Waals surface area (Å²) in [6.45, 7) is 1.47. The zero-order valence-corrected chi connectivity index (χ0v) is 16.8. The second-order valence-corrected chi connectivity index (χ2v) is 6.61. The first-order valence-electron chi connectivity index (χ1n) is 8.49. The Morgan fingerprint density at radius 2 is 1.89 bits per heavy atom. The first-order valence-corrected chi connectivity index (χ1v) is 9.25. The Bertz CT molecular complexity index is 1000. The fraction of sp³-hybridized carbons (Fsp3) is 0.200. The summed E-state index contributed by atoms with van der Waals surface area (Å²) < 4.78 is 12.0. The lowest BCUT2D eigenvalue weighted by atomic mass is 10.2. The summed E-state index contributed by atoms with van der Waals surface area (Å²) in [6.07, 6.45) is 0. The molecule has 1 aromatic heterocycles. The van der Waals surface area contributed by atoms with Gasteiger partial charge in [0.25, 0.3) is 0 Å². The van der Waals surface area contributed by atoms with Crippen LogP contribution in [0.1, 0.15) is 23.1 Å². The molecule has 0 amide bonds. The molecule has 3 rings (SSSR count). The first-order chi connectivity index (χ1) is 13.5. The van der Waals surface area contributed by atoms with Gasteiger partial charge < -0.3 is 14.6 Å². The van der Waals surface area contributed by atoms with Crippen LogP contribution in [0.5, 0.6) is 5.75 Å². The highest BCUT2D eigenvalue weighted by atomic mass is 35.5. The normalized spacial score (nSPS) is 10.8. The highest BCUT2D eigenvalue weighted by Crippen LogP contribution is 2.34. The van der Waals surface area contributed by atoms with Crippen LogP contribution >= 0.6 is 23.2 Å². The lowest BCUT2D eigenvalue weighted by Gasteiger charge is -2.13. The van der Waals surface area contributed by atoms with Crippen LogP contribution in [0.2, 0.25) is 10.0 Å². The molecule has 0 spiro atoms. The summed E-state index contributed by atoms with van der Waals surface area (Å²) in [7, 11) is 1.57. The van der Waals surface area contributed by atoms with Gasteiger partial charge in [-0.1, -0.05) is 23.2 Å². The van der Waals surface area contributed by atoms with Gasteiger partial charge in [0.1, 0.15) is 11.6 Å². The molecular weight excluding hydrogens is 403 g/mol.